The predicted molar refractivity (Wildman–Crippen MR) is 46.5 cm³/mol. The third-order valence-corrected chi connectivity index (χ3v) is 2.47. The average Bonchev–Trinajstić information content (AvgIpc) is 2.35. The van der Waals surface area contributed by atoms with Crippen molar-refractivity contribution < 1.29 is 5.11 Å². The van der Waals surface area contributed by atoms with Crippen LogP contribution in [0.5, 0.6) is 0 Å². The Labute approximate surface area is 68.3 Å². The van der Waals surface area contributed by atoms with Gasteiger partial charge in [0, 0.05) is 5.54 Å². The van der Waals surface area contributed by atoms with Crippen LogP contribution in [0.1, 0.15) is 26.7 Å². The average molecular weight is 155 g/mol. The van der Waals surface area contributed by atoms with Gasteiger partial charge in [-0.25, -0.2) is 0 Å². The maximum Gasteiger partial charge on any atom is 0.0923 e. The van der Waals surface area contributed by atoms with Crippen molar-refractivity contribution in [3.8, 4) is 0 Å². The summed E-state index contributed by atoms with van der Waals surface area (Å²) in [7, 11) is 0. The molecule has 0 bridgehead atoms. The molecule has 0 aromatic heterocycles. The van der Waals surface area contributed by atoms with Crippen LogP contribution in [0.15, 0.2) is 12.2 Å². The van der Waals surface area contributed by atoms with Gasteiger partial charge in [-0.1, -0.05) is 12.2 Å². The Morgan fingerprint density at radius 2 is 2.36 bits per heavy atom. The first-order valence-corrected chi connectivity index (χ1v) is 4.15. The van der Waals surface area contributed by atoms with E-state index in [1.165, 1.54) is 0 Å². The summed E-state index contributed by atoms with van der Waals surface area (Å²) < 4.78 is 0. The van der Waals surface area contributed by atoms with E-state index in [2.05, 4.69) is 18.8 Å². The summed E-state index contributed by atoms with van der Waals surface area (Å²) in [5.41, 5.74) is 0.730. The highest BCUT2D eigenvalue weighted by Crippen LogP contribution is 2.25. The second-order valence-corrected chi connectivity index (χ2v) is 3.70. The van der Waals surface area contributed by atoms with Gasteiger partial charge in [-0.15, -0.1) is 0 Å². The SMILES string of the molecule is C=C(C)C(O)C1(C)CCCN1. The van der Waals surface area contributed by atoms with Crippen molar-refractivity contribution >= 4 is 0 Å². The van der Waals surface area contributed by atoms with E-state index in [0.717, 1.165) is 25.0 Å². The second-order valence-electron chi connectivity index (χ2n) is 3.70. The Bertz CT molecular complexity index is 159. The zero-order chi connectivity index (χ0) is 8.48. The van der Waals surface area contributed by atoms with E-state index in [0.29, 0.717) is 0 Å². The van der Waals surface area contributed by atoms with Crippen LogP contribution < -0.4 is 5.32 Å². The summed E-state index contributed by atoms with van der Waals surface area (Å²) >= 11 is 0. The predicted octanol–water partition coefficient (Wildman–Crippen LogP) is 1.07. The van der Waals surface area contributed by atoms with Crippen LogP contribution in [-0.2, 0) is 0 Å². The molecule has 2 atom stereocenters. The summed E-state index contributed by atoms with van der Waals surface area (Å²) in [5, 5.41) is 13.0. The van der Waals surface area contributed by atoms with Gasteiger partial charge in [0.25, 0.3) is 0 Å². The molecule has 1 aliphatic rings. The zero-order valence-electron chi connectivity index (χ0n) is 7.35. The van der Waals surface area contributed by atoms with E-state index in [-0.39, 0.29) is 5.54 Å². The monoisotopic (exact) mass is 155 g/mol. The fraction of sp³-hybridized carbons (Fsp3) is 0.778. The molecule has 0 aromatic rings. The fourth-order valence-electron chi connectivity index (χ4n) is 1.70. The third kappa shape index (κ3) is 1.63. The topological polar surface area (TPSA) is 32.3 Å². The van der Waals surface area contributed by atoms with Crippen molar-refractivity contribution in [3.63, 3.8) is 0 Å². The first-order valence-electron chi connectivity index (χ1n) is 4.15. The van der Waals surface area contributed by atoms with Crippen molar-refractivity contribution in [1.29, 1.82) is 0 Å². The normalized spacial score (nSPS) is 33.7. The molecule has 64 valence electrons. The summed E-state index contributed by atoms with van der Waals surface area (Å²) in [6.07, 6.45) is 1.80. The van der Waals surface area contributed by atoms with Gasteiger partial charge in [-0.3, -0.25) is 0 Å². The first kappa shape index (κ1) is 8.75. The van der Waals surface area contributed by atoms with Crippen LogP contribution in [0.4, 0.5) is 0 Å². The molecule has 1 heterocycles. The van der Waals surface area contributed by atoms with Crippen LogP contribution in [-0.4, -0.2) is 23.3 Å². The van der Waals surface area contributed by atoms with Gasteiger partial charge in [-0.2, -0.15) is 0 Å². The maximum absolute atomic E-state index is 9.72. The van der Waals surface area contributed by atoms with E-state index in [4.69, 9.17) is 0 Å². The molecule has 11 heavy (non-hydrogen) atoms. The van der Waals surface area contributed by atoms with Crippen molar-refractivity contribution in [2.75, 3.05) is 6.54 Å². The van der Waals surface area contributed by atoms with Gasteiger partial charge < -0.3 is 10.4 Å². The van der Waals surface area contributed by atoms with E-state index >= 15 is 0 Å². The quantitative estimate of drug-likeness (QED) is 0.584. The van der Waals surface area contributed by atoms with Crippen LogP contribution in [0.3, 0.4) is 0 Å². The first-order chi connectivity index (χ1) is 5.06. The minimum Gasteiger partial charge on any atom is -0.387 e. The van der Waals surface area contributed by atoms with Crippen molar-refractivity contribution in [3.05, 3.63) is 12.2 Å². The third-order valence-electron chi connectivity index (χ3n) is 2.47. The van der Waals surface area contributed by atoms with Gasteiger partial charge in [0.1, 0.15) is 0 Å². The molecule has 1 aliphatic heterocycles. The Hall–Kier alpha value is -0.340. The minimum atomic E-state index is -0.398. The summed E-state index contributed by atoms with van der Waals surface area (Å²) in [5.74, 6) is 0. The smallest absolute Gasteiger partial charge is 0.0923 e. The number of aliphatic hydroxyl groups is 1. The highest BCUT2D eigenvalue weighted by molar-refractivity contribution is 5.10. The Kier molecular flexibility index (Phi) is 2.35. The molecule has 0 amide bonds. The van der Waals surface area contributed by atoms with Crippen LogP contribution in [0.2, 0.25) is 0 Å². The van der Waals surface area contributed by atoms with Gasteiger partial charge in [0.15, 0.2) is 0 Å². The van der Waals surface area contributed by atoms with E-state index in [9.17, 15) is 5.11 Å². The minimum absolute atomic E-state index is 0.119. The molecule has 2 heteroatoms. The molecule has 1 fully saturated rings. The van der Waals surface area contributed by atoms with E-state index < -0.39 is 6.10 Å². The molecule has 0 saturated carbocycles. The lowest BCUT2D eigenvalue weighted by molar-refractivity contribution is 0.113. The summed E-state index contributed by atoms with van der Waals surface area (Å²) in [6, 6.07) is 0. The molecule has 2 unspecified atom stereocenters. The standard InChI is InChI=1S/C9H17NO/c1-7(2)8(11)9(3)5-4-6-10-9/h8,10-11H,1,4-6H2,2-3H3. The lowest BCUT2D eigenvalue weighted by Crippen LogP contribution is -2.48. The van der Waals surface area contributed by atoms with Gasteiger partial charge >= 0.3 is 0 Å². The summed E-state index contributed by atoms with van der Waals surface area (Å²) in [6.45, 7) is 8.70. The molecule has 0 aromatic carbocycles. The largest absolute Gasteiger partial charge is 0.387 e. The molecule has 1 saturated heterocycles. The molecular formula is C9H17NO. The number of hydrogen-bond acceptors (Lipinski definition) is 2. The maximum atomic E-state index is 9.72. The molecule has 2 N–H and O–H groups in total. The molecule has 2 nitrogen and oxygen atoms in total. The van der Waals surface area contributed by atoms with Crippen molar-refractivity contribution in [2.24, 2.45) is 0 Å². The van der Waals surface area contributed by atoms with Gasteiger partial charge in [-0.05, 0) is 33.2 Å². The number of hydrogen-bond donors (Lipinski definition) is 2. The van der Waals surface area contributed by atoms with Crippen molar-refractivity contribution in [2.45, 2.75) is 38.3 Å². The Morgan fingerprint density at radius 1 is 1.73 bits per heavy atom. The van der Waals surface area contributed by atoms with Gasteiger partial charge in [0.2, 0.25) is 0 Å². The lowest BCUT2D eigenvalue weighted by atomic mass is 9.89. The molecule has 0 spiro atoms. The zero-order valence-corrected chi connectivity index (χ0v) is 7.35. The van der Waals surface area contributed by atoms with Crippen LogP contribution in [0, 0.1) is 0 Å². The molecular weight excluding hydrogens is 138 g/mol. The molecule has 1 rings (SSSR count). The van der Waals surface area contributed by atoms with Crippen LogP contribution in [0.25, 0.3) is 0 Å². The highest BCUT2D eigenvalue weighted by Gasteiger charge is 2.35. The Balaban J connectivity index is 2.63. The number of nitrogens with one attached hydrogen (secondary N) is 1. The van der Waals surface area contributed by atoms with E-state index in [1.54, 1.807) is 0 Å². The van der Waals surface area contributed by atoms with Gasteiger partial charge in [0.05, 0.1) is 6.10 Å². The summed E-state index contributed by atoms with van der Waals surface area (Å²) in [4.78, 5) is 0. The second kappa shape index (κ2) is 2.95. The Morgan fingerprint density at radius 3 is 2.73 bits per heavy atom. The number of rotatable bonds is 2. The van der Waals surface area contributed by atoms with Crippen molar-refractivity contribution in [1.82, 2.24) is 5.32 Å². The van der Waals surface area contributed by atoms with Crippen LogP contribution >= 0.6 is 0 Å². The fourth-order valence-corrected chi connectivity index (χ4v) is 1.70. The number of aliphatic hydroxyl groups excluding tert-OH is 1. The van der Waals surface area contributed by atoms with E-state index in [1.807, 2.05) is 6.92 Å². The lowest BCUT2D eigenvalue weighted by Gasteiger charge is -2.30. The highest BCUT2D eigenvalue weighted by atomic mass is 16.3. The molecule has 0 radical (unpaired) electrons. The molecule has 0 aliphatic carbocycles.